The number of halogens is 5. The summed E-state index contributed by atoms with van der Waals surface area (Å²) < 4.78 is 65.1. The zero-order valence-electron chi connectivity index (χ0n) is 25.5. The zero-order valence-corrected chi connectivity index (χ0v) is 28.6. The van der Waals surface area contributed by atoms with E-state index in [0.29, 0.717) is 68.5 Å². The van der Waals surface area contributed by atoms with Crippen LogP contribution in [-0.2, 0) is 22.6 Å². The van der Waals surface area contributed by atoms with Gasteiger partial charge in [-0.2, -0.15) is 18.3 Å². The van der Waals surface area contributed by atoms with Crippen LogP contribution in [0.3, 0.4) is 0 Å². The smallest absolute Gasteiger partial charge is 0.297 e. The zero-order chi connectivity index (χ0) is 34.1. The van der Waals surface area contributed by atoms with Crippen molar-refractivity contribution in [2.75, 3.05) is 37.7 Å². The van der Waals surface area contributed by atoms with Gasteiger partial charge in [0.1, 0.15) is 0 Å². The third kappa shape index (κ3) is 8.07. The molecule has 1 amide bonds. The molecule has 0 radical (unpaired) electrons. The van der Waals surface area contributed by atoms with Gasteiger partial charge in [-0.1, -0.05) is 41.5 Å². The molecule has 6 rings (SSSR count). The number of benzene rings is 2. The van der Waals surface area contributed by atoms with Gasteiger partial charge >= 0.3 is 6.18 Å². The number of nitrogens with zero attached hydrogens (tertiary/aromatic N) is 4. The van der Waals surface area contributed by atoms with Gasteiger partial charge in [0, 0.05) is 48.9 Å². The molecule has 4 aromatic rings. The monoisotopic (exact) mass is 735 g/mol. The Morgan fingerprint density at radius 2 is 1.65 bits per heavy atom. The number of hydrogen-bond donors (Lipinski definition) is 1. The summed E-state index contributed by atoms with van der Waals surface area (Å²) in [5.41, 5.74) is 4.54. The molecule has 0 unspecified atom stereocenters. The summed E-state index contributed by atoms with van der Waals surface area (Å²) in [5, 5.41) is 7.44. The molecular formula is C33H30Cl2F3N5O3S2. The maximum Gasteiger partial charge on any atom is 0.416 e. The van der Waals surface area contributed by atoms with Gasteiger partial charge in [0.2, 0.25) is 0 Å². The van der Waals surface area contributed by atoms with Crippen molar-refractivity contribution in [2.45, 2.75) is 32.0 Å². The molecule has 252 valence electrons. The molecule has 2 aromatic heterocycles. The minimum Gasteiger partial charge on any atom is -0.297 e. The van der Waals surface area contributed by atoms with Gasteiger partial charge in [-0.05, 0) is 67.4 Å². The fraction of sp³-hybridized carbons (Fsp3) is 0.333. The number of aromatic nitrogens is 2. The van der Waals surface area contributed by atoms with E-state index >= 15 is 0 Å². The maximum absolute atomic E-state index is 13.9. The van der Waals surface area contributed by atoms with Gasteiger partial charge in [-0.15, -0.1) is 11.3 Å². The molecule has 0 bridgehead atoms. The minimum atomic E-state index is -4.44. The highest BCUT2D eigenvalue weighted by Crippen LogP contribution is 2.37. The first-order chi connectivity index (χ1) is 22.9. The van der Waals surface area contributed by atoms with Crippen LogP contribution in [0.25, 0.3) is 16.3 Å². The summed E-state index contributed by atoms with van der Waals surface area (Å²) in [6, 6.07) is 13.2. The molecule has 8 nitrogen and oxygen atoms in total. The van der Waals surface area contributed by atoms with Crippen LogP contribution < -0.4 is 5.43 Å². The molecule has 0 atom stereocenters. The fourth-order valence-corrected chi connectivity index (χ4v) is 8.29. The van der Waals surface area contributed by atoms with Crippen molar-refractivity contribution < 1.29 is 26.4 Å². The Balaban J connectivity index is 1.43. The summed E-state index contributed by atoms with van der Waals surface area (Å²) in [7, 11) is -3.15. The average Bonchev–Trinajstić information content (AvgIpc) is 3.66. The van der Waals surface area contributed by atoms with E-state index in [-0.39, 0.29) is 29.7 Å². The van der Waals surface area contributed by atoms with Crippen LogP contribution in [-0.4, -0.2) is 71.7 Å². The average molecular weight is 737 g/mol. The van der Waals surface area contributed by atoms with E-state index < -0.39 is 21.6 Å². The van der Waals surface area contributed by atoms with Gasteiger partial charge < -0.3 is 0 Å². The first-order valence-electron chi connectivity index (χ1n) is 15.2. The van der Waals surface area contributed by atoms with Crippen molar-refractivity contribution >= 4 is 50.3 Å². The fourth-order valence-electron chi connectivity index (χ4n) is 5.61. The molecule has 1 N–H and O–H groups in total. The van der Waals surface area contributed by atoms with Crippen LogP contribution in [0.5, 0.6) is 0 Å². The molecule has 2 aromatic carbocycles. The van der Waals surface area contributed by atoms with Crippen molar-refractivity contribution in [2.24, 2.45) is 0 Å². The van der Waals surface area contributed by atoms with Crippen LogP contribution in [0.2, 0.25) is 10.0 Å². The van der Waals surface area contributed by atoms with E-state index in [1.54, 1.807) is 28.9 Å². The van der Waals surface area contributed by atoms with E-state index in [4.69, 9.17) is 28.3 Å². The lowest BCUT2D eigenvalue weighted by Gasteiger charge is -2.28. The molecule has 0 spiro atoms. The normalized spacial score (nSPS) is 17.1. The highest BCUT2D eigenvalue weighted by atomic mass is 35.5. The van der Waals surface area contributed by atoms with E-state index in [2.05, 4.69) is 17.3 Å². The van der Waals surface area contributed by atoms with Crippen molar-refractivity contribution in [1.82, 2.24) is 25.1 Å². The van der Waals surface area contributed by atoms with Crippen molar-refractivity contribution in [1.29, 1.82) is 0 Å². The second-order valence-electron chi connectivity index (χ2n) is 11.6. The first kappa shape index (κ1) is 34.5. The van der Waals surface area contributed by atoms with Crippen LogP contribution >= 0.6 is 34.5 Å². The number of amides is 1. The topological polar surface area (TPSA) is 87.5 Å². The summed E-state index contributed by atoms with van der Waals surface area (Å²) >= 11 is 14.2. The number of carbonyl (C=O) groups excluding carboxylic acids is 1. The Morgan fingerprint density at radius 1 is 0.938 bits per heavy atom. The van der Waals surface area contributed by atoms with Gasteiger partial charge in [-0.25, -0.2) is 18.1 Å². The van der Waals surface area contributed by atoms with E-state index in [9.17, 15) is 26.4 Å². The number of piperidine rings is 1. The van der Waals surface area contributed by atoms with Crippen LogP contribution in [0.15, 0.2) is 54.6 Å². The lowest BCUT2D eigenvalue weighted by Crippen LogP contribution is -2.45. The quantitative estimate of drug-likeness (QED) is 0.222. The number of hydrazine groups is 1. The number of hydrogen-bond acceptors (Lipinski definition) is 7. The molecule has 48 heavy (non-hydrogen) atoms. The van der Waals surface area contributed by atoms with Crippen LogP contribution in [0, 0.1) is 11.8 Å². The number of thiophene rings is 1. The molecule has 0 aliphatic carbocycles. The highest BCUT2D eigenvalue weighted by molar-refractivity contribution is 7.91. The second kappa shape index (κ2) is 14.2. The van der Waals surface area contributed by atoms with Gasteiger partial charge in [0.15, 0.2) is 15.5 Å². The number of sulfone groups is 1. The van der Waals surface area contributed by atoms with E-state index in [0.717, 1.165) is 31.4 Å². The molecule has 2 fully saturated rings. The van der Waals surface area contributed by atoms with Gasteiger partial charge in [0.05, 0.1) is 43.2 Å². The lowest BCUT2D eigenvalue weighted by atomic mass is 10.1. The van der Waals surface area contributed by atoms with Gasteiger partial charge in [0.25, 0.3) is 5.91 Å². The Bertz CT molecular complexity index is 1980. The van der Waals surface area contributed by atoms with E-state index in [1.807, 2.05) is 16.0 Å². The Morgan fingerprint density at radius 3 is 2.31 bits per heavy atom. The predicted molar refractivity (Wildman–Crippen MR) is 181 cm³/mol. The number of carbonyl (C=O) groups is 1. The largest absolute Gasteiger partial charge is 0.416 e. The molecule has 2 aliphatic heterocycles. The van der Waals surface area contributed by atoms with Crippen molar-refractivity contribution in [3.8, 4) is 28.1 Å². The Hall–Kier alpha value is -3.38. The Labute approximate surface area is 290 Å². The third-order valence-corrected chi connectivity index (χ3v) is 11.3. The molecule has 2 aliphatic rings. The number of rotatable bonds is 6. The van der Waals surface area contributed by atoms with Crippen LogP contribution in [0.1, 0.15) is 51.3 Å². The first-order valence-corrected chi connectivity index (χ1v) is 18.6. The lowest BCUT2D eigenvalue weighted by molar-refractivity contribution is -0.137. The standard InChI is InChI=1S/C33H30Cl2F3N5O3S2/c34-24-9-12-28(27(35)20-24)43-31(29-13-11-25(47-29)10-6-22-4-7-23(8-5-22)33(36,37)38)26(21-41-16-18-48(45,46)19-17-41)30(39-43)32(44)40-42-14-2-1-3-15-42/h4-5,7-9,11-13,20H,1-3,14-19,21H2,(H,40,44). The molecule has 4 heterocycles. The predicted octanol–water partition coefficient (Wildman–Crippen LogP) is 6.69. The summed E-state index contributed by atoms with van der Waals surface area (Å²) in [6.07, 6.45) is -1.43. The minimum absolute atomic E-state index is 0.0114. The maximum atomic E-state index is 13.9. The van der Waals surface area contributed by atoms with Crippen molar-refractivity contribution in [3.63, 3.8) is 0 Å². The third-order valence-electron chi connectivity index (χ3n) is 8.15. The van der Waals surface area contributed by atoms with Gasteiger partial charge in [-0.3, -0.25) is 15.1 Å². The molecule has 0 saturated carbocycles. The Kier molecular flexibility index (Phi) is 10.2. The molecule has 15 heteroatoms. The second-order valence-corrected chi connectivity index (χ2v) is 15.8. The van der Waals surface area contributed by atoms with Crippen LogP contribution in [0.4, 0.5) is 13.2 Å². The number of alkyl halides is 3. The summed E-state index contributed by atoms with van der Waals surface area (Å²) in [4.78, 5) is 17.2. The van der Waals surface area contributed by atoms with Crippen molar-refractivity contribution in [3.05, 3.63) is 91.9 Å². The number of nitrogens with one attached hydrogen (secondary N) is 1. The molecular weight excluding hydrogens is 706 g/mol. The molecule has 2 saturated heterocycles. The summed E-state index contributed by atoms with van der Waals surface area (Å²) in [6.45, 7) is 2.29. The van der Waals surface area contributed by atoms with E-state index in [1.165, 1.54) is 23.5 Å². The summed E-state index contributed by atoms with van der Waals surface area (Å²) in [5.74, 6) is 5.59. The highest BCUT2D eigenvalue weighted by Gasteiger charge is 2.32. The SMILES string of the molecule is O=C(NN1CCCCC1)c1nn(-c2ccc(Cl)cc2Cl)c(-c2ccc(C#Cc3ccc(C(F)(F)F)cc3)s2)c1CN1CCS(=O)(=O)CC1.